The molecule has 5 heteroatoms. The van der Waals surface area contributed by atoms with Crippen LogP contribution in [-0.2, 0) is 0 Å². The van der Waals surface area contributed by atoms with E-state index in [4.69, 9.17) is 4.42 Å². The number of oxazole rings is 1. The van der Waals surface area contributed by atoms with Crippen LogP contribution < -0.4 is 5.32 Å². The molecule has 3 nitrogen and oxygen atoms in total. The molecule has 1 aromatic heterocycles. The van der Waals surface area contributed by atoms with Crippen molar-refractivity contribution in [2.24, 2.45) is 0 Å². The third-order valence-electron chi connectivity index (χ3n) is 1.93. The van der Waals surface area contributed by atoms with Gasteiger partial charge in [0.2, 0.25) is 0 Å². The normalized spacial score (nSPS) is 10.3. The first kappa shape index (κ1) is 9.64. The van der Waals surface area contributed by atoms with Crippen molar-refractivity contribution in [3.05, 3.63) is 36.1 Å². The summed E-state index contributed by atoms with van der Waals surface area (Å²) in [5.74, 6) is -1.78. The maximum absolute atomic E-state index is 12.9. The molecule has 1 aromatic carbocycles. The zero-order chi connectivity index (χ0) is 10.8. The van der Waals surface area contributed by atoms with E-state index in [0.29, 0.717) is 17.3 Å². The Bertz CT molecular complexity index is 482. The fraction of sp³-hybridized carbons (Fsp3) is 0.100. The van der Waals surface area contributed by atoms with Gasteiger partial charge in [0.1, 0.15) is 12.0 Å². The molecule has 2 rings (SSSR count). The van der Waals surface area contributed by atoms with Crippen LogP contribution in [0.1, 0.15) is 0 Å². The van der Waals surface area contributed by atoms with Crippen LogP contribution >= 0.6 is 0 Å². The Morgan fingerprint density at radius 3 is 2.67 bits per heavy atom. The van der Waals surface area contributed by atoms with Crippen LogP contribution in [0.3, 0.4) is 0 Å². The standard InChI is InChI=1S/C10H8F2N2O/c1-13-10-14-9(5-15-10)6-2-3-7(11)8(12)4-6/h2-5H,1H3,(H,13,14). The van der Waals surface area contributed by atoms with Crippen molar-refractivity contribution in [1.82, 2.24) is 4.98 Å². The van der Waals surface area contributed by atoms with Gasteiger partial charge in [0.15, 0.2) is 11.6 Å². The van der Waals surface area contributed by atoms with E-state index >= 15 is 0 Å². The predicted molar refractivity (Wildman–Crippen MR) is 51.4 cm³/mol. The minimum atomic E-state index is -0.901. The van der Waals surface area contributed by atoms with Crippen LogP contribution in [0.15, 0.2) is 28.9 Å². The molecule has 0 radical (unpaired) electrons. The monoisotopic (exact) mass is 210 g/mol. The van der Waals surface area contributed by atoms with Gasteiger partial charge in [0.25, 0.3) is 6.01 Å². The van der Waals surface area contributed by atoms with Crippen LogP contribution in [0.2, 0.25) is 0 Å². The van der Waals surface area contributed by atoms with Gasteiger partial charge in [-0.1, -0.05) is 0 Å². The van der Waals surface area contributed by atoms with Gasteiger partial charge in [-0.15, -0.1) is 0 Å². The van der Waals surface area contributed by atoms with E-state index in [9.17, 15) is 8.78 Å². The van der Waals surface area contributed by atoms with Gasteiger partial charge in [0, 0.05) is 12.6 Å². The van der Waals surface area contributed by atoms with E-state index in [2.05, 4.69) is 10.3 Å². The molecule has 0 bridgehead atoms. The van der Waals surface area contributed by atoms with Gasteiger partial charge in [-0.2, -0.15) is 4.98 Å². The Morgan fingerprint density at radius 1 is 1.27 bits per heavy atom. The summed E-state index contributed by atoms with van der Waals surface area (Å²) in [6.07, 6.45) is 1.37. The second-order valence-corrected chi connectivity index (χ2v) is 2.92. The third kappa shape index (κ3) is 1.81. The molecule has 0 aliphatic heterocycles. The molecule has 1 heterocycles. The van der Waals surface area contributed by atoms with Crippen LogP contribution in [0.25, 0.3) is 11.3 Å². The number of rotatable bonds is 2. The van der Waals surface area contributed by atoms with E-state index in [0.717, 1.165) is 12.1 Å². The molecule has 1 N–H and O–H groups in total. The first-order valence-electron chi connectivity index (χ1n) is 4.29. The average molecular weight is 210 g/mol. The van der Waals surface area contributed by atoms with Gasteiger partial charge >= 0.3 is 0 Å². The maximum Gasteiger partial charge on any atom is 0.294 e. The van der Waals surface area contributed by atoms with Crippen LogP contribution in [0, 0.1) is 11.6 Å². The molecule has 0 saturated carbocycles. The lowest BCUT2D eigenvalue weighted by Crippen LogP contribution is -1.88. The summed E-state index contributed by atoms with van der Waals surface area (Å²) in [4.78, 5) is 4.00. The van der Waals surface area contributed by atoms with Gasteiger partial charge < -0.3 is 9.73 Å². The number of hydrogen-bond donors (Lipinski definition) is 1. The van der Waals surface area contributed by atoms with Crippen LogP contribution in [0.4, 0.5) is 14.8 Å². The molecule has 0 unspecified atom stereocenters. The Labute approximate surface area is 84.7 Å². The number of anilines is 1. The first-order chi connectivity index (χ1) is 7.20. The molecule has 0 fully saturated rings. The number of aromatic nitrogens is 1. The van der Waals surface area contributed by atoms with Gasteiger partial charge in [0.05, 0.1) is 0 Å². The second-order valence-electron chi connectivity index (χ2n) is 2.92. The molecule has 2 aromatic rings. The van der Waals surface area contributed by atoms with E-state index in [1.54, 1.807) is 7.05 Å². The highest BCUT2D eigenvalue weighted by atomic mass is 19.2. The SMILES string of the molecule is CNc1nc(-c2ccc(F)c(F)c2)co1. The first-order valence-corrected chi connectivity index (χ1v) is 4.29. The quantitative estimate of drug-likeness (QED) is 0.828. The van der Waals surface area contributed by atoms with E-state index in [1.807, 2.05) is 0 Å². The lowest BCUT2D eigenvalue weighted by Gasteiger charge is -1.96. The fourth-order valence-corrected chi connectivity index (χ4v) is 1.18. The predicted octanol–water partition coefficient (Wildman–Crippen LogP) is 2.66. The topological polar surface area (TPSA) is 38.1 Å². The second kappa shape index (κ2) is 3.68. The zero-order valence-electron chi connectivity index (χ0n) is 7.92. The number of hydrogen-bond acceptors (Lipinski definition) is 3. The molecule has 0 aliphatic rings. The minimum absolute atomic E-state index is 0.328. The Balaban J connectivity index is 2.40. The highest BCUT2D eigenvalue weighted by Gasteiger charge is 2.08. The summed E-state index contributed by atoms with van der Waals surface area (Å²) in [5, 5.41) is 2.70. The number of benzene rings is 1. The summed E-state index contributed by atoms with van der Waals surface area (Å²) in [6, 6.07) is 3.90. The summed E-state index contributed by atoms with van der Waals surface area (Å²) in [6.45, 7) is 0. The van der Waals surface area contributed by atoms with Crippen LogP contribution in [0.5, 0.6) is 0 Å². The highest BCUT2D eigenvalue weighted by Crippen LogP contribution is 2.22. The number of nitrogens with one attached hydrogen (secondary N) is 1. The molecule has 0 aliphatic carbocycles. The lowest BCUT2D eigenvalue weighted by atomic mass is 10.1. The van der Waals surface area contributed by atoms with Crippen molar-refractivity contribution in [3.63, 3.8) is 0 Å². The van der Waals surface area contributed by atoms with Gasteiger partial charge in [-0.05, 0) is 18.2 Å². The van der Waals surface area contributed by atoms with E-state index in [1.165, 1.54) is 12.3 Å². The van der Waals surface area contributed by atoms with E-state index < -0.39 is 11.6 Å². The zero-order valence-corrected chi connectivity index (χ0v) is 7.92. The minimum Gasteiger partial charge on any atom is -0.432 e. The van der Waals surface area contributed by atoms with Crippen LogP contribution in [-0.4, -0.2) is 12.0 Å². The molecule has 0 amide bonds. The summed E-state index contributed by atoms with van der Waals surface area (Å²) >= 11 is 0. The van der Waals surface area contributed by atoms with Crippen molar-refractivity contribution in [1.29, 1.82) is 0 Å². The van der Waals surface area contributed by atoms with E-state index in [-0.39, 0.29) is 0 Å². The summed E-state index contributed by atoms with van der Waals surface area (Å²) in [5.41, 5.74) is 0.928. The Kier molecular flexibility index (Phi) is 2.37. The van der Waals surface area contributed by atoms with Gasteiger partial charge in [-0.25, -0.2) is 8.78 Å². The lowest BCUT2D eigenvalue weighted by molar-refractivity contribution is 0.509. The molecule has 78 valence electrons. The summed E-state index contributed by atoms with van der Waals surface area (Å²) < 4.78 is 30.6. The Morgan fingerprint density at radius 2 is 2.07 bits per heavy atom. The largest absolute Gasteiger partial charge is 0.432 e. The third-order valence-corrected chi connectivity index (χ3v) is 1.93. The number of halogens is 2. The van der Waals surface area contributed by atoms with Crippen molar-refractivity contribution < 1.29 is 13.2 Å². The molecule has 0 atom stereocenters. The van der Waals surface area contributed by atoms with Crippen molar-refractivity contribution in [3.8, 4) is 11.3 Å². The molecular weight excluding hydrogens is 202 g/mol. The smallest absolute Gasteiger partial charge is 0.294 e. The Hall–Kier alpha value is -1.91. The van der Waals surface area contributed by atoms with Crippen molar-refractivity contribution in [2.75, 3.05) is 12.4 Å². The molecule has 0 saturated heterocycles. The number of nitrogens with zero attached hydrogens (tertiary/aromatic N) is 1. The average Bonchev–Trinajstić information content (AvgIpc) is 2.70. The summed E-state index contributed by atoms with van der Waals surface area (Å²) in [7, 11) is 1.65. The molecule has 0 spiro atoms. The fourth-order valence-electron chi connectivity index (χ4n) is 1.18. The highest BCUT2D eigenvalue weighted by molar-refractivity contribution is 5.59. The molecule has 15 heavy (non-hydrogen) atoms. The van der Waals surface area contributed by atoms with Crippen molar-refractivity contribution >= 4 is 6.01 Å². The van der Waals surface area contributed by atoms with Crippen molar-refractivity contribution in [2.45, 2.75) is 0 Å². The molecular formula is C10H8F2N2O. The van der Waals surface area contributed by atoms with Gasteiger partial charge in [-0.3, -0.25) is 0 Å². The maximum atomic E-state index is 12.9.